The fourth-order valence-electron chi connectivity index (χ4n) is 3.04. The Labute approximate surface area is 165 Å². The molecule has 0 aliphatic carbocycles. The van der Waals surface area contributed by atoms with Gasteiger partial charge in [-0.15, -0.1) is 15.3 Å². The Hall–Kier alpha value is -4.07. The van der Waals surface area contributed by atoms with E-state index in [4.69, 9.17) is 9.26 Å². The molecule has 0 unspecified atom stereocenters. The molecule has 0 atom stereocenters. The highest BCUT2D eigenvalue weighted by Crippen LogP contribution is 2.30. The molecule has 0 spiro atoms. The third kappa shape index (κ3) is 3.31. The zero-order valence-corrected chi connectivity index (χ0v) is 15.6. The van der Waals surface area contributed by atoms with E-state index in [1.54, 1.807) is 11.4 Å². The van der Waals surface area contributed by atoms with Crippen molar-refractivity contribution in [2.75, 3.05) is 0 Å². The van der Waals surface area contributed by atoms with Gasteiger partial charge in [-0.25, -0.2) is 0 Å². The van der Waals surface area contributed by atoms with Crippen LogP contribution in [-0.2, 0) is 6.61 Å². The number of ether oxygens (including phenoxy) is 1. The number of nitrogens with zero attached hydrogens (tertiary/aromatic N) is 6. The first kappa shape index (κ1) is 17.1. The quantitative estimate of drug-likeness (QED) is 0.456. The molecule has 3 aromatic heterocycles. The molecule has 142 valence electrons. The zero-order valence-electron chi connectivity index (χ0n) is 15.6. The Morgan fingerprint density at radius 1 is 0.931 bits per heavy atom. The van der Waals surface area contributed by atoms with E-state index < -0.39 is 0 Å². The number of aryl methyl sites for hydroxylation is 1. The fourth-order valence-corrected chi connectivity index (χ4v) is 3.04. The molecule has 3 heterocycles. The smallest absolute Gasteiger partial charge is 0.264 e. The van der Waals surface area contributed by atoms with Crippen LogP contribution in [0.5, 0.6) is 5.88 Å². The maximum atomic E-state index is 5.98. The van der Waals surface area contributed by atoms with Crippen molar-refractivity contribution in [2.45, 2.75) is 13.5 Å². The molecule has 0 aliphatic heterocycles. The minimum Gasteiger partial charge on any atom is -0.466 e. The lowest BCUT2D eigenvalue weighted by atomic mass is 10.1. The molecule has 0 saturated carbocycles. The Kier molecular flexibility index (Phi) is 4.21. The van der Waals surface area contributed by atoms with Crippen LogP contribution in [-0.4, -0.2) is 30.0 Å². The third-order valence-electron chi connectivity index (χ3n) is 4.38. The lowest BCUT2D eigenvalue weighted by molar-refractivity contribution is 0.233. The Bertz CT molecular complexity index is 1260. The molecule has 2 aromatic carbocycles. The van der Waals surface area contributed by atoms with Gasteiger partial charge in [0.2, 0.25) is 5.88 Å². The SMILES string of the molecule is Cc1noc(COc2nn3c(-c4ccccc4)nnc3cc2-c2ccccc2)n1. The van der Waals surface area contributed by atoms with E-state index in [0.717, 1.165) is 16.7 Å². The second-order valence-corrected chi connectivity index (χ2v) is 6.41. The third-order valence-corrected chi connectivity index (χ3v) is 4.38. The van der Waals surface area contributed by atoms with Crippen LogP contribution in [0.2, 0.25) is 0 Å². The Balaban J connectivity index is 1.62. The van der Waals surface area contributed by atoms with E-state index in [9.17, 15) is 0 Å². The molecule has 5 rings (SSSR count). The minimum atomic E-state index is 0.113. The van der Waals surface area contributed by atoms with Crippen LogP contribution in [0.1, 0.15) is 11.7 Å². The molecular formula is C21H16N6O2. The highest BCUT2D eigenvalue weighted by Gasteiger charge is 2.17. The molecule has 5 aromatic rings. The average Bonchev–Trinajstić information content (AvgIpc) is 3.38. The van der Waals surface area contributed by atoms with Gasteiger partial charge in [-0.3, -0.25) is 0 Å². The van der Waals surface area contributed by atoms with Gasteiger partial charge < -0.3 is 9.26 Å². The van der Waals surface area contributed by atoms with Crippen LogP contribution in [0.3, 0.4) is 0 Å². The maximum Gasteiger partial charge on any atom is 0.264 e. The molecule has 0 amide bonds. The summed E-state index contributed by atoms with van der Waals surface area (Å²) in [5.74, 6) is 2.01. The van der Waals surface area contributed by atoms with Gasteiger partial charge in [-0.1, -0.05) is 65.8 Å². The molecule has 8 heteroatoms. The van der Waals surface area contributed by atoms with E-state index in [0.29, 0.717) is 29.1 Å². The average molecular weight is 384 g/mol. The molecule has 0 N–H and O–H groups in total. The molecule has 0 radical (unpaired) electrons. The van der Waals surface area contributed by atoms with Crippen molar-refractivity contribution in [3.05, 3.63) is 78.4 Å². The van der Waals surface area contributed by atoms with Crippen LogP contribution in [0.25, 0.3) is 28.2 Å². The first-order valence-corrected chi connectivity index (χ1v) is 9.07. The van der Waals surface area contributed by atoms with E-state index >= 15 is 0 Å². The molecule has 0 aliphatic rings. The number of hydrogen-bond acceptors (Lipinski definition) is 7. The predicted molar refractivity (Wildman–Crippen MR) is 105 cm³/mol. The highest BCUT2D eigenvalue weighted by atomic mass is 16.5. The fraction of sp³-hybridized carbons (Fsp3) is 0.0952. The largest absolute Gasteiger partial charge is 0.466 e. The van der Waals surface area contributed by atoms with Crippen molar-refractivity contribution in [3.63, 3.8) is 0 Å². The van der Waals surface area contributed by atoms with Crippen molar-refractivity contribution in [1.82, 2.24) is 30.0 Å². The first-order chi connectivity index (χ1) is 14.3. The lowest BCUT2D eigenvalue weighted by Gasteiger charge is -2.10. The van der Waals surface area contributed by atoms with Gasteiger partial charge in [-0.05, 0) is 18.6 Å². The van der Waals surface area contributed by atoms with Gasteiger partial charge >= 0.3 is 0 Å². The summed E-state index contributed by atoms with van der Waals surface area (Å²) in [5.41, 5.74) is 3.31. The second kappa shape index (κ2) is 7.16. The molecular weight excluding hydrogens is 368 g/mol. The standard InChI is InChI=1S/C21H16N6O2/c1-14-22-19(29-26-14)13-28-21-17(15-8-4-2-5-9-15)12-18-23-24-20(27(18)25-21)16-10-6-3-7-11-16/h2-12H,13H2,1H3. The summed E-state index contributed by atoms with van der Waals surface area (Å²) in [6, 6.07) is 21.6. The van der Waals surface area contributed by atoms with Crippen LogP contribution < -0.4 is 4.74 Å². The van der Waals surface area contributed by atoms with E-state index in [-0.39, 0.29) is 6.61 Å². The van der Waals surface area contributed by atoms with Crippen molar-refractivity contribution in [1.29, 1.82) is 0 Å². The summed E-state index contributed by atoms with van der Waals surface area (Å²) < 4.78 is 12.8. The van der Waals surface area contributed by atoms with E-state index in [1.807, 2.05) is 66.7 Å². The second-order valence-electron chi connectivity index (χ2n) is 6.41. The Morgan fingerprint density at radius 2 is 1.66 bits per heavy atom. The summed E-state index contributed by atoms with van der Waals surface area (Å²) in [6.07, 6.45) is 0. The topological polar surface area (TPSA) is 91.2 Å². The first-order valence-electron chi connectivity index (χ1n) is 9.07. The van der Waals surface area contributed by atoms with Gasteiger partial charge in [0.15, 0.2) is 23.9 Å². The van der Waals surface area contributed by atoms with Crippen molar-refractivity contribution >= 4 is 5.65 Å². The van der Waals surface area contributed by atoms with E-state index in [2.05, 4.69) is 25.4 Å². The number of aromatic nitrogens is 6. The summed E-state index contributed by atoms with van der Waals surface area (Å²) >= 11 is 0. The number of benzene rings is 2. The monoisotopic (exact) mass is 384 g/mol. The summed E-state index contributed by atoms with van der Waals surface area (Å²) in [7, 11) is 0. The van der Waals surface area contributed by atoms with Crippen molar-refractivity contribution < 1.29 is 9.26 Å². The van der Waals surface area contributed by atoms with Crippen LogP contribution in [0, 0.1) is 6.92 Å². The zero-order chi connectivity index (χ0) is 19.6. The van der Waals surface area contributed by atoms with Crippen molar-refractivity contribution in [2.24, 2.45) is 0 Å². The van der Waals surface area contributed by atoms with Crippen LogP contribution >= 0.6 is 0 Å². The molecule has 29 heavy (non-hydrogen) atoms. The summed E-state index contributed by atoms with van der Waals surface area (Å²) in [4.78, 5) is 4.18. The molecule has 8 nitrogen and oxygen atoms in total. The van der Waals surface area contributed by atoms with Crippen molar-refractivity contribution in [3.8, 4) is 28.4 Å². The van der Waals surface area contributed by atoms with Gasteiger partial charge in [0, 0.05) is 11.1 Å². The minimum absolute atomic E-state index is 0.113. The van der Waals surface area contributed by atoms with Gasteiger partial charge in [0.1, 0.15) is 0 Å². The van der Waals surface area contributed by atoms with Gasteiger partial charge in [0.05, 0.1) is 0 Å². The predicted octanol–water partition coefficient (Wildman–Crippen LogP) is 3.73. The number of hydrogen-bond donors (Lipinski definition) is 0. The van der Waals surface area contributed by atoms with Gasteiger partial charge in [-0.2, -0.15) is 9.50 Å². The lowest BCUT2D eigenvalue weighted by Crippen LogP contribution is -2.04. The van der Waals surface area contributed by atoms with Crippen LogP contribution in [0.4, 0.5) is 0 Å². The molecule has 0 saturated heterocycles. The van der Waals surface area contributed by atoms with Crippen LogP contribution in [0.15, 0.2) is 71.3 Å². The summed E-state index contributed by atoms with van der Waals surface area (Å²) in [6.45, 7) is 1.87. The van der Waals surface area contributed by atoms with E-state index in [1.165, 1.54) is 0 Å². The molecule has 0 fully saturated rings. The van der Waals surface area contributed by atoms with Gasteiger partial charge in [0.25, 0.3) is 5.89 Å². The maximum absolute atomic E-state index is 5.98. The highest BCUT2D eigenvalue weighted by molar-refractivity contribution is 5.72. The number of rotatable bonds is 5. The Morgan fingerprint density at radius 3 is 2.34 bits per heavy atom. The molecule has 0 bridgehead atoms. The summed E-state index contributed by atoms with van der Waals surface area (Å²) in [5, 5.41) is 17.1. The normalized spacial score (nSPS) is 11.1. The number of fused-ring (bicyclic) bond motifs is 1.